The van der Waals surface area contributed by atoms with E-state index in [0.29, 0.717) is 23.9 Å². The molecule has 1 heterocycles. The summed E-state index contributed by atoms with van der Waals surface area (Å²) in [5.74, 6) is 1.10. The Kier molecular flexibility index (Phi) is 5.53. The van der Waals surface area contributed by atoms with Gasteiger partial charge in [0.25, 0.3) is 0 Å². The molecule has 128 valence electrons. The molecule has 3 rings (SSSR count). The SMILES string of the molecule is NC(=O)CN(Cc1ccccc1)Cc1ccc(-c2ccccc2Cl)o1. The third-order valence-electron chi connectivity index (χ3n) is 3.81. The van der Waals surface area contributed by atoms with Crippen LogP contribution in [0, 0.1) is 0 Å². The molecule has 0 fully saturated rings. The first kappa shape index (κ1) is 17.3. The van der Waals surface area contributed by atoms with Gasteiger partial charge in [-0.2, -0.15) is 0 Å². The smallest absolute Gasteiger partial charge is 0.231 e. The first-order chi connectivity index (χ1) is 12.1. The van der Waals surface area contributed by atoms with Gasteiger partial charge in [0, 0.05) is 12.1 Å². The Morgan fingerprint density at radius 3 is 2.40 bits per heavy atom. The highest BCUT2D eigenvalue weighted by molar-refractivity contribution is 6.33. The predicted molar refractivity (Wildman–Crippen MR) is 98.9 cm³/mol. The summed E-state index contributed by atoms with van der Waals surface area (Å²) >= 11 is 6.22. The third-order valence-corrected chi connectivity index (χ3v) is 4.14. The Morgan fingerprint density at radius 1 is 0.960 bits per heavy atom. The number of halogens is 1. The van der Waals surface area contributed by atoms with Crippen molar-refractivity contribution >= 4 is 17.5 Å². The maximum absolute atomic E-state index is 11.4. The lowest BCUT2D eigenvalue weighted by atomic mass is 10.2. The summed E-state index contributed by atoms with van der Waals surface area (Å²) in [7, 11) is 0. The molecule has 0 spiro atoms. The number of benzene rings is 2. The van der Waals surface area contributed by atoms with Crippen LogP contribution in [0.3, 0.4) is 0 Å². The topological polar surface area (TPSA) is 59.5 Å². The molecule has 0 unspecified atom stereocenters. The van der Waals surface area contributed by atoms with Crippen molar-refractivity contribution in [1.82, 2.24) is 4.90 Å². The van der Waals surface area contributed by atoms with Crippen molar-refractivity contribution in [3.8, 4) is 11.3 Å². The van der Waals surface area contributed by atoms with E-state index in [1.165, 1.54) is 0 Å². The molecule has 0 bridgehead atoms. The lowest BCUT2D eigenvalue weighted by Gasteiger charge is -2.19. The van der Waals surface area contributed by atoms with E-state index in [9.17, 15) is 4.79 Å². The van der Waals surface area contributed by atoms with Gasteiger partial charge in [-0.1, -0.05) is 54.1 Å². The van der Waals surface area contributed by atoms with E-state index in [1.54, 1.807) is 0 Å². The predicted octanol–water partition coefficient (Wildman–Crippen LogP) is 4.09. The minimum atomic E-state index is -0.367. The maximum Gasteiger partial charge on any atom is 0.231 e. The fourth-order valence-corrected chi connectivity index (χ4v) is 2.95. The Morgan fingerprint density at radius 2 is 1.68 bits per heavy atom. The second-order valence-corrected chi connectivity index (χ2v) is 6.25. The van der Waals surface area contributed by atoms with Crippen molar-refractivity contribution in [1.29, 1.82) is 0 Å². The monoisotopic (exact) mass is 354 g/mol. The average molecular weight is 355 g/mol. The van der Waals surface area contributed by atoms with E-state index in [1.807, 2.05) is 71.6 Å². The molecule has 3 aromatic rings. The zero-order valence-electron chi connectivity index (χ0n) is 13.7. The zero-order chi connectivity index (χ0) is 17.6. The molecular weight excluding hydrogens is 336 g/mol. The molecule has 0 saturated heterocycles. The van der Waals surface area contributed by atoms with E-state index in [0.717, 1.165) is 16.9 Å². The molecule has 0 atom stereocenters. The van der Waals surface area contributed by atoms with E-state index in [4.69, 9.17) is 21.8 Å². The first-order valence-corrected chi connectivity index (χ1v) is 8.38. The number of rotatable bonds is 7. The summed E-state index contributed by atoms with van der Waals surface area (Å²) in [6.07, 6.45) is 0. The van der Waals surface area contributed by atoms with Gasteiger partial charge >= 0.3 is 0 Å². The Balaban J connectivity index is 1.76. The van der Waals surface area contributed by atoms with Crippen LogP contribution in [-0.4, -0.2) is 17.4 Å². The second-order valence-electron chi connectivity index (χ2n) is 5.84. The van der Waals surface area contributed by atoms with Crippen molar-refractivity contribution in [2.24, 2.45) is 5.73 Å². The molecule has 2 N–H and O–H groups in total. The van der Waals surface area contributed by atoms with Crippen molar-refractivity contribution in [3.05, 3.63) is 83.1 Å². The molecule has 4 nitrogen and oxygen atoms in total. The summed E-state index contributed by atoms with van der Waals surface area (Å²) in [6.45, 7) is 1.27. The first-order valence-electron chi connectivity index (χ1n) is 8.00. The quantitative estimate of drug-likeness (QED) is 0.695. The number of amides is 1. The largest absolute Gasteiger partial charge is 0.460 e. The summed E-state index contributed by atoms with van der Waals surface area (Å²) in [5, 5.41) is 0.640. The molecule has 25 heavy (non-hydrogen) atoms. The van der Waals surface area contributed by atoms with Gasteiger partial charge in [0.2, 0.25) is 5.91 Å². The van der Waals surface area contributed by atoms with Gasteiger partial charge in [0.1, 0.15) is 11.5 Å². The van der Waals surface area contributed by atoms with Gasteiger partial charge in [-0.05, 0) is 29.8 Å². The number of hydrogen-bond acceptors (Lipinski definition) is 3. The third kappa shape index (κ3) is 4.72. The molecule has 0 aliphatic carbocycles. The molecule has 0 aliphatic rings. The van der Waals surface area contributed by atoms with Crippen molar-refractivity contribution in [2.75, 3.05) is 6.54 Å². The average Bonchev–Trinajstić information content (AvgIpc) is 3.04. The van der Waals surface area contributed by atoms with E-state index >= 15 is 0 Å². The molecule has 0 aliphatic heterocycles. The van der Waals surface area contributed by atoms with Crippen LogP contribution in [0.15, 0.2) is 71.1 Å². The highest BCUT2D eigenvalue weighted by Crippen LogP contribution is 2.29. The summed E-state index contributed by atoms with van der Waals surface area (Å²) in [5.41, 5.74) is 7.35. The van der Waals surface area contributed by atoms with Crippen LogP contribution in [0.25, 0.3) is 11.3 Å². The molecule has 0 saturated carbocycles. The zero-order valence-corrected chi connectivity index (χ0v) is 14.4. The number of nitrogens with two attached hydrogens (primary N) is 1. The van der Waals surface area contributed by atoms with E-state index in [-0.39, 0.29) is 12.5 Å². The normalized spacial score (nSPS) is 11.0. The minimum absolute atomic E-state index is 0.164. The molecule has 2 aromatic carbocycles. The van der Waals surface area contributed by atoms with Gasteiger partial charge in [0.15, 0.2) is 0 Å². The van der Waals surface area contributed by atoms with Crippen LogP contribution in [0.1, 0.15) is 11.3 Å². The molecule has 0 radical (unpaired) electrons. The lowest BCUT2D eigenvalue weighted by molar-refractivity contribution is -0.119. The Hall–Kier alpha value is -2.56. The minimum Gasteiger partial charge on any atom is -0.460 e. The highest BCUT2D eigenvalue weighted by atomic mass is 35.5. The number of furan rings is 1. The number of carbonyl (C=O) groups excluding carboxylic acids is 1. The van der Waals surface area contributed by atoms with E-state index < -0.39 is 0 Å². The molecular formula is C20H19ClN2O2. The van der Waals surface area contributed by atoms with Crippen molar-refractivity contribution in [3.63, 3.8) is 0 Å². The highest BCUT2D eigenvalue weighted by Gasteiger charge is 2.14. The standard InChI is InChI=1S/C20H19ClN2O2/c21-18-9-5-4-8-17(18)19-11-10-16(25-19)13-23(14-20(22)24)12-15-6-2-1-3-7-15/h1-11H,12-14H2,(H2,22,24). The van der Waals surface area contributed by atoms with Crippen LogP contribution in [0.2, 0.25) is 5.02 Å². The fraction of sp³-hybridized carbons (Fsp3) is 0.150. The van der Waals surface area contributed by atoms with Crippen LogP contribution in [0.5, 0.6) is 0 Å². The number of nitrogens with zero attached hydrogens (tertiary/aromatic N) is 1. The van der Waals surface area contributed by atoms with Crippen molar-refractivity contribution < 1.29 is 9.21 Å². The Labute approximate surface area is 151 Å². The van der Waals surface area contributed by atoms with Crippen LogP contribution < -0.4 is 5.73 Å². The fourth-order valence-electron chi connectivity index (χ4n) is 2.72. The van der Waals surface area contributed by atoms with E-state index in [2.05, 4.69) is 0 Å². The lowest BCUT2D eigenvalue weighted by Crippen LogP contribution is -2.32. The molecule has 5 heteroatoms. The van der Waals surface area contributed by atoms with Crippen LogP contribution >= 0.6 is 11.6 Å². The van der Waals surface area contributed by atoms with Gasteiger partial charge in [-0.25, -0.2) is 0 Å². The van der Waals surface area contributed by atoms with Gasteiger partial charge in [-0.3, -0.25) is 9.69 Å². The van der Waals surface area contributed by atoms with Gasteiger partial charge < -0.3 is 10.2 Å². The van der Waals surface area contributed by atoms with Crippen LogP contribution in [0.4, 0.5) is 0 Å². The summed E-state index contributed by atoms with van der Waals surface area (Å²) in [4.78, 5) is 13.3. The summed E-state index contributed by atoms with van der Waals surface area (Å²) < 4.78 is 5.92. The van der Waals surface area contributed by atoms with Gasteiger partial charge in [0.05, 0.1) is 18.1 Å². The second kappa shape index (κ2) is 8.01. The molecule has 1 amide bonds. The number of primary amides is 1. The number of hydrogen-bond donors (Lipinski definition) is 1. The maximum atomic E-state index is 11.4. The summed E-state index contributed by atoms with van der Waals surface area (Å²) in [6, 6.07) is 21.3. The van der Waals surface area contributed by atoms with Crippen molar-refractivity contribution in [2.45, 2.75) is 13.1 Å². The van der Waals surface area contributed by atoms with Gasteiger partial charge in [-0.15, -0.1) is 0 Å². The number of carbonyl (C=O) groups is 1. The molecule has 1 aromatic heterocycles. The Bertz CT molecular complexity index is 846. The van der Waals surface area contributed by atoms with Crippen LogP contribution in [-0.2, 0) is 17.9 Å².